The van der Waals surface area contributed by atoms with Gasteiger partial charge in [0.2, 0.25) is 5.95 Å². The average molecular weight is 720 g/mol. The Kier molecular flexibility index (Phi) is 6.94. The standard InChI is InChI=1S/C51H37N5/c1-2-15-32(16-3-1)33-17-12-18-34(31-33)49-52-50(54-51(53-49)56-44-28-10-6-20-36(44)37-21-7-11-29-45(37)56)41-23-5-4-19-35(41)39-24-14-30-46-47(39)42-26-13-25-40-38-22-8-9-27-43(38)55(46)48(40)42/h4-14,17-32H,1-3,15-16H2. The van der Waals surface area contributed by atoms with Crippen molar-refractivity contribution >= 4 is 59.9 Å². The van der Waals surface area contributed by atoms with Crippen molar-refractivity contribution in [3.8, 4) is 39.9 Å². The summed E-state index contributed by atoms with van der Waals surface area (Å²) in [5, 5.41) is 7.41. The van der Waals surface area contributed by atoms with Crippen LogP contribution in [0.1, 0.15) is 43.6 Å². The van der Waals surface area contributed by atoms with E-state index in [0.29, 0.717) is 23.5 Å². The number of rotatable bonds is 5. The van der Waals surface area contributed by atoms with E-state index in [1.807, 2.05) is 0 Å². The quantitative estimate of drug-likeness (QED) is 0.178. The molecule has 11 aromatic rings. The number of fused-ring (bicyclic) bond motifs is 9. The monoisotopic (exact) mass is 719 g/mol. The summed E-state index contributed by atoms with van der Waals surface area (Å²) in [6.45, 7) is 0. The highest BCUT2D eigenvalue weighted by atomic mass is 15.2. The van der Waals surface area contributed by atoms with Gasteiger partial charge in [-0.3, -0.25) is 4.57 Å². The molecule has 1 aliphatic rings. The van der Waals surface area contributed by atoms with E-state index in [2.05, 4.69) is 167 Å². The van der Waals surface area contributed by atoms with Crippen LogP contribution in [0.2, 0.25) is 0 Å². The van der Waals surface area contributed by atoms with E-state index in [0.717, 1.165) is 33.3 Å². The van der Waals surface area contributed by atoms with Gasteiger partial charge in [-0.2, -0.15) is 9.97 Å². The van der Waals surface area contributed by atoms with Crippen molar-refractivity contribution in [3.63, 3.8) is 0 Å². The molecule has 266 valence electrons. The summed E-state index contributed by atoms with van der Waals surface area (Å²) < 4.78 is 4.66. The van der Waals surface area contributed by atoms with E-state index >= 15 is 0 Å². The normalized spacial score (nSPS) is 14.0. The summed E-state index contributed by atoms with van der Waals surface area (Å²) in [5.74, 6) is 2.53. The maximum Gasteiger partial charge on any atom is 0.238 e. The predicted octanol–water partition coefficient (Wildman–Crippen LogP) is 13.2. The Labute approximate surface area is 323 Å². The highest BCUT2D eigenvalue weighted by Crippen LogP contribution is 2.44. The molecule has 0 N–H and O–H groups in total. The van der Waals surface area contributed by atoms with E-state index < -0.39 is 0 Å². The first-order valence-corrected chi connectivity index (χ1v) is 19.9. The minimum Gasteiger partial charge on any atom is -0.308 e. The smallest absolute Gasteiger partial charge is 0.238 e. The zero-order valence-corrected chi connectivity index (χ0v) is 30.9. The van der Waals surface area contributed by atoms with E-state index in [9.17, 15) is 0 Å². The molecule has 0 amide bonds. The lowest BCUT2D eigenvalue weighted by Gasteiger charge is -2.22. The molecule has 7 aromatic carbocycles. The van der Waals surface area contributed by atoms with Crippen LogP contribution in [0.15, 0.2) is 158 Å². The van der Waals surface area contributed by atoms with Crippen LogP contribution >= 0.6 is 0 Å². The van der Waals surface area contributed by atoms with E-state index in [-0.39, 0.29) is 0 Å². The Morgan fingerprint density at radius 1 is 0.429 bits per heavy atom. The number of benzene rings is 7. The molecule has 0 saturated heterocycles. The molecule has 1 saturated carbocycles. The van der Waals surface area contributed by atoms with Crippen molar-refractivity contribution in [2.75, 3.05) is 0 Å². The molecule has 0 atom stereocenters. The molecule has 1 fully saturated rings. The SMILES string of the molecule is c1cc(-c2nc(-c3ccccc3-c3cccc4c3c3cccc5c6ccccc6n4c53)nc(-n3c4ccccc4c4ccccc43)n2)cc(C2CCCCC2)c1. The fraction of sp³-hybridized carbons (Fsp3) is 0.118. The highest BCUT2D eigenvalue weighted by molar-refractivity contribution is 6.26. The minimum atomic E-state index is 0.574. The molecule has 5 heteroatoms. The van der Waals surface area contributed by atoms with Crippen LogP contribution in [0.5, 0.6) is 0 Å². The van der Waals surface area contributed by atoms with Gasteiger partial charge in [-0.05, 0) is 65.8 Å². The second-order valence-electron chi connectivity index (χ2n) is 15.4. The van der Waals surface area contributed by atoms with Crippen LogP contribution < -0.4 is 0 Å². The third-order valence-corrected chi connectivity index (χ3v) is 12.3. The van der Waals surface area contributed by atoms with Gasteiger partial charge in [0, 0.05) is 43.4 Å². The van der Waals surface area contributed by atoms with Gasteiger partial charge >= 0.3 is 0 Å². The summed E-state index contributed by atoms with van der Waals surface area (Å²) in [6.07, 6.45) is 6.39. The van der Waals surface area contributed by atoms with Crippen LogP contribution in [0.25, 0.3) is 99.8 Å². The third-order valence-electron chi connectivity index (χ3n) is 12.3. The van der Waals surface area contributed by atoms with Crippen LogP contribution in [0.4, 0.5) is 0 Å². The number of hydrogen-bond acceptors (Lipinski definition) is 3. The number of para-hydroxylation sites is 4. The molecule has 0 aliphatic heterocycles. The second-order valence-corrected chi connectivity index (χ2v) is 15.4. The van der Waals surface area contributed by atoms with Gasteiger partial charge in [-0.1, -0.05) is 147 Å². The van der Waals surface area contributed by atoms with Crippen molar-refractivity contribution in [1.82, 2.24) is 23.9 Å². The average Bonchev–Trinajstić information content (AvgIpc) is 3.92. The topological polar surface area (TPSA) is 48.0 Å². The van der Waals surface area contributed by atoms with Crippen molar-refractivity contribution in [2.24, 2.45) is 0 Å². The fourth-order valence-corrected chi connectivity index (χ4v) is 9.84. The summed E-state index contributed by atoms with van der Waals surface area (Å²) in [6, 6.07) is 56.9. The van der Waals surface area contributed by atoms with Gasteiger partial charge in [-0.15, -0.1) is 0 Å². The first kappa shape index (κ1) is 31.5. The molecular formula is C51H37N5. The lowest BCUT2D eigenvalue weighted by atomic mass is 9.83. The Balaban J connectivity index is 1.12. The molecule has 1 aliphatic carbocycles. The van der Waals surface area contributed by atoms with E-state index in [4.69, 9.17) is 15.0 Å². The van der Waals surface area contributed by atoms with Crippen molar-refractivity contribution in [3.05, 3.63) is 163 Å². The zero-order valence-electron chi connectivity index (χ0n) is 30.9. The molecule has 0 radical (unpaired) electrons. The molecule has 0 unspecified atom stereocenters. The number of hydrogen-bond donors (Lipinski definition) is 0. The lowest BCUT2D eigenvalue weighted by Crippen LogP contribution is -2.07. The van der Waals surface area contributed by atoms with Gasteiger partial charge in [0.1, 0.15) is 0 Å². The van der Waals surface area contributed by atoms with Crippen LogP contribution in [-0.4, -0.2) is 23.9 Å². The minimum absolute atomic E-state index is 0.574. The predicted molar refractivity (Wildman–Crippen MR) is 231 cm³/mol. The maximum atomic E-state index is 5.41. The van der Waals surface area contributed by atoms with Crippen molar-refractivity contribution in [1.29, 1.82) is 0 Å². The van der Waals surface area contributed by atoms with E-state index in [1.165, 1.54) is 86.5 Å². The molecule has 56 heavy (non-hydrogen) atoms. The maximum absolute atomic E-state index is 5.41. The summed E-state index contributed by atoms with van der Waals surface area (Å²) in [5.41, 5.74) is 11.5. The largest absolute Gasteiger partial charge is 0.308 e. The second kappa shape index (κ2) is 12.3. The Morgan fingerprint density at radius 3 is 1.79 bits per heavy atom. The Bertz CT molecular complexity index is 3250. The summed E-state index contributed by atoms with van der Waals surface area (Å²) in [4.78, 5) is 16.1. The molecular weight excluding hydrogens is 683 g/mol. The van der Waals surface area contributed by atoms with E-state index in [1.54, 1.807) is 0 Å². The Morgan fingerprint density at radius 2 is 1.00 bits per heavy atom. The van der Waals surface area contributed by atoms with Crippen molar-refractivity contribution < 1.29 is 0 Å². The number of nitrogens with zero attached hydrogens (tertiary/aromatic N) is 5. The molecule has 0 bridgehead atoms. The summed E-state index contributed by atoms with van der Waals surface area (Å²) in [7, 11) is 0. The van der Waals surface area contributed by atoms with Gasteiger partial charge < -0.3 is 4.40 Å². The summed E-state index contributed by atoms with van der Waals surface area (Å²) >= 11 is 0. The van der Waals surface area contributed by atoms with Gasteiger partial charge in [0.15, 0.2) is 11.6 Å². The Hall–Kier alpha value is -6.85. The van der Waals surface area contributed by atoms with Crippen LogP contribution in [0.3, 0.4) is 0 Å². The third kappa shape index (κ3) is 4.64. The molecule has 12 rings (SSSR count). The fourth-order valence-electron chi connectivity index (χ4n) is 9.84. The molecule has 0 spiro atoms. The zero-order chi connectivity index (χ0) is 36.7. The number of aromatic nitrogens is 5. The highest BCUT2D eigenvalue weighted by Gasteiger charge is 2.23. The molecule has 5 nitrogen and oxygen atoms in total. The molecule has 4 heterocycles. The first-order valence-electron chi connectivity index (χ1n) is 19.9. The lowest BCUT2D eigenvalue weighted by molar-refractivity contribution is 0.443. The van der Waals surface area contributed by atoms with Gasteiger partial charge in [-0.25, -0.2) is 4.98 Å². The molecule has 4 aromatic heterocycles. The van der Waals surface area contributed by atoms with Crippen molar-refractivity contribution in [2.45, 2.75) is 38.0 Å². The van der Waals surface area contributed by atoms with Crippen LogP contribution in [0, 0.1) is 0 Å². The first-order chi connectivity index (χ1) is 27.8. The van der Waals surface area contributed by atoms with Gasteiger partial charge in [0.05, 0.1) is 27.6 Å². The van der Waals surface area contributed by atoms with Crippen LogP contribution in [-0.2, 0) is 0 Å². The van der Waals surface area contributed by atoms with Gasteiger partial charge in [0.25, 0.3) is 0 Å².